The molecule has 7 heteroatoms. The first-order chi connectivity index (χ1) is 10.3. The van der Waals surface area contributed by atoms with Crippen LogP contribution >= 0.6 is 11.8 Å². The molecule has 2 aromatic heterocycles. The average Bonchev–Trinajstić information content (AvgIpc) is 2.93. The van der Waals surface area contributed by atoms with Crippen molar-refractivity contribution in [3.05, 3.63) is 42.6 Å². The van der Waals surface area contributed by atoms with E-state index in [1.54, 1.807) is 34.8 Å². The SMILES string of the molecule is OCCCSc1ncnc2c1cnn2-c1ccc(F)cc1. The molecule has 0 amide bonds. The third-order valence-corrected chi connectivity index (χ3v) is 4.03. The highest BCUT2D eigenvalue weighted by Crippen LogP contribution is 2.26. The number of fused-ring (bicyclic) bond motifs is 1. The van der Waals surface area contributed by atoms with Crippen LogP contribution in [0.4, 0.5) is 4.39 Å². The summed E-state index contributed by atoms with van der Waals surface area (Å²) in [5, 5.41) is 14.8. The minimum absolute atomic E-state index is 0.163. The number of aliphatic hydroxyl groups excluding tert-OH is 1. The van der Waals surface area contributed by atoms with Crippen molar-refractivity contribution >= 4 is 22.8 Å². The van der Waals surface area contributed by atoms with Crippen molar-refractivity contribution in [3.63, 3.8) is 0 Å². The van der Waals surface area contributed by atoms with Crippen LogP contribution in [-0.4, -0.2) is 37.2 Å². The fourth-order valence-electron chi connectivity index (χ4n) is 1.94. The molecule has 3 aromatic rings. The Hall–Kier alpha value is -1.99. The molecule has 108 valence electrons. The number of rotatable bonds is 5. The van der Waals surface area contributed by atoms with Crippen LogP contribution in [0.15, 0.2) is 41.8 Å². The summed E-state index contributed by atoms with van der Waals surface area (Å²) in [6, 6.07) is 6.09. The van der Waals surface area contributed by atoms with Crippen molar-refractivity contribution < 1.29 is 9.50 Å². The van der Waals surface area contributed by atoms with Crippen LogP contribution in [0.5, 0.6) is 0 Å². The lowest BCUT2D eigenvalue weighted by Crippen LogP contribution is -1.98. The van der Waals surface area contributed by atoms with Gasteiger partial charge in [0.25, 0.3) is 0 Å². The van der Waals surface area contributed by atoms with E-state index in [0.29, 0.717) is 12.1 Å². The zero-order chi connectivity index (χ0) is 14.7. The number of hydrogen-bond acceptors (Lipinski definition) is 5. The van der Waals surface area contributed by atoms with Crippen molar-refractivity contribution in [2.24, 2.45) is 0 Å². The van der Waals surface area contributed by atoms with Gasteiger partial charge in [0.2, 0.25) is 0 Å². The first kappa shape index (κ1) is 14.0. The number of hydrogen-bond donors (Lipinski definition) is 1. The molecule has 0 aliphatic carbocycles. The standard InChI is InChI=1S/C14H13FN4OS/c15-10-2-4-11(5-3-10)19-13-12(8-18-19)14(17-9-16-13)21-7-1-6-20/h2-5,8-9,20H,1,6-7H2. The number of nitrogens with zero attached hydrogens (tertiary/aromatic N) is 4. The van der Waals surface area contributed by atoms with Gasteiger partial charge in [-0.15, -0.1) is 11.8 Å². The summed E-state index contributed by atoms with van der Waals surface area (Å²) in [6.45, 7) is 0.163. The van der Waals surface area contributed by atoms with E-state index in [1.807, 2.05) is 0 Å². The Morgan fingerprint density at radius 2 is 2.00 bits per heavy atom. The molecular weight excluding hydrogens is 291 g/mol. The van der Waals surface area contributed by atoms with Gasteiger partial charge in [-0.05, 0) is 30.7 Å². The molecule has 0 atom stereocenters. The van der Waals surface area contributed by atoms with Crippen LogP contribution in [0.2, 0.25) is 0 Å². The van der Waals surface area contributed by atoms with E-state index in [0.717, 1.165) is 21.9 Å². The molecule has 0 saturated heterocycles. The molecule has 0 aliphatic rings. The summed E-state index contributed by atoms with van der Waals surface area (Å²) in [5.41, 5.74) is 1.43. The molecule has 0 bridgehead atoms. The Morgan fingerprint density at radius 3 is 2.76 bits per heavy atom. The summed E-state index contributed by atoms with van der Waals surface area (Å²) >= 11 is 1.56. The van der Waals surface area contributed by atoms with Gasteiger partial charge < -0.3 is 5.11 Å². The minimum Gasteiger partial charge on any atom is -0.396 e. The molecule has 0 unspecified atom stereocenters. The van der Waals surface area contributed by atoms with Crippen LogP contribution in [0.1, 0.15) is 6.42 Å². The Morgan fingerprint density at radius 1 is 1.19 bits per heavy atom. The molecular formula is C14H13FN4OS. The monoisotopic (exact) mass is 304 g/mol. The molecule has 0 fully saturated rings. The van der Waals surface area contributed by atoms with Gasteiger partial charge in [0.1, 0.15) is 17.2 Å². The molecule has 5 nitrogen and oxygen atoms in total. The molecule has 1 aromatic carbocycles. The van der Waals surface area contributed by atoms with E-state index in [4.69, 9.17) is 5.11 Å². The van der Waals surface area contributed by atoms with Crippen molar-refractivity contribution in [1.29, 1.82) is 0 Å². The predicted octanol–water partition coefficient (Wildman–Crippen LogP) is 2.43. The van der Waals surface area contributed by atoms with Crippen molar-refractivity contribution in [2.75, 3.05) is 12.4 Å². The Balaban J connectivity index is 1.98. The maximum absolute atomic E-state index is 13.0. The summed E-state index contributed by atoms with van der Waals surface area (Å²) in [7, 11) is 0. The summed E-state index contributed by atoms with van der Waals surface area (Å²) < 4.78 is 14.7. The van der Waals surface area contributed by atoms with Crippen molar-refractivity contribution in [1.82, 2.24) is 19.7 Å². The van der Waals surface area contributed by atoms with Crippen LogP contribution in [0.25, 0.3) is 16.7 Å². The van der Waals surface area contributed by atoms with Gasteiger partial charge in [-0.25, -0.2) is 19.0 Å². The highest BCUT2D eigenvalue weighted by atomic mass is 32.2. The third-order valence-electron chi connectivity index (χ3n) is 2.94. The first-order valence-corrected chi connectivity index (χ1v) is 7.46. The minimum atomic E-state index is -0.287. The van der Waals surface area contributed by atoms with Crippen LogP contribution in [0, 0.1) is 5.82 Å². The lowest BCUT2D eigenvalue weighted by Gasteiger charge is -2.04. The van der Waals surface area contributed by atoms with Gasteiger partial charge in [-0.1, -0.05) is 0 Å². The van der Waals surface area contributed by atoms with E-state index in [-0.39, 0.29) is 12.4 Å². The van der Waals surface area contributed by atoms with Gasteiger partial charge in [-0.2, -0.15) is 5.10 Å². The number of benzene rings is 1. The molecule has 0 radical (unpaired) electrons. The smallest absolute Gasteiger partial charge is 0.167 e. The summed E-state index contributed by atoms with van der Waals surface area (Å²) in [6.07, 6.45) is 3.91. The first-order valence-electron chi connectivity index (χ1n) is 6.48. The summed E-state index contributed by atoms with van der Waals surface area (Å²) in [5.74, 6) is 0.495. The van der Waals surface area contributed by atoms with E-state index in [9.17, 15) is 4.39 Å². The Kier molecular flexibility index (Phi) is 4.12. The quantitative estimate of drug-likeness (QED) is 0.445. The third kappa shape index (κ3) is 2.88. The van der Waals surface area contributed by atoms with Gasteiger partial charge >= 0.3 is 0 Å². The fourth-order valence-corrected chi connectivity index (χ4v) is 2.83. The Bertz CT molecular complexity index is 744. The van der Waals surface area contributed by atoms with Gasteiger partial charge in [-0.3, -0.25) is 0 Å². The van der Waals surface area contributed by atoms with Gasteiger partial charge in [0.15, 0.2) is 5.65 Å². The maximum Gasteiger partial charge on any atom is 0.167 e. The van der Waals surface area contributed by atoms with Crippen molar-refractivity contribution in [3.8, 4) is 5.69 Å². The number of aromatic nitrogens is 4. The second-order valence-corrected chi connectivity index (χ2v) is 5.46. The van der Waals surface area contributed by atoms with Gasteiger partial charge in [0, 0.05) is 12.4 Å². The fraction of sp³-hybridized carbons (Fsp3) is 0.214. The molecule has 0 spiro atoms. The predicted molar refractivity (Wildman–Crippen MR) is 79.0 cm³/mol. The lowest BCUT2D eigenvalue weighted by molar-refractivity contribution is 0.296. The van der Waals surface area contributed by atoms with E-state index in [2.05, 4.69) is 15.1 Å². The molecule has 1 N–H and O–H groups in total. The van der Waals surface area contributed by atoms with Crippen LogP contribution in [-0.2, 0) is 0 Å². The zero-order valence-corrected chi connectivity index (χ0v) is 11.9. The highest BCUT2D eigenvalue weighted by Gasteiger charge is 2.11. The lowest BCUT2D eigenvalue weighted by atomic mass is 10.3. The van der Waals surface area contributed by atoms with Crippen molar-refractivity contribution in [2.45, 2.75) is 11.4 Å². The van der Waals surface area contributed by atoms with Crippen LogP contribution in [0.3, 0.4) is 0 Å². The van der Waals surface area contributed by atoms with E-state index < -0.39 is 0 Å². The Labute approximate surface area is 124 Å². The average molecular weight is 304 g/mol. The molecule has 3 rings (SSSR count). The zero-order valence-electron chi connectivity index (χ0n) is 11.1. The van der Waals surface area contributed by atoms with Crippen LogP contribution < -0.4 is 0 Å². The molecule has 2 heterocycles. The highest BCUT2D eigenvalue weighted by molar-refractivity contribution is 7.99. The second kappa shape index (κ2) is 6.19. The summed E-state index contributed by atoms with van der Waals surface area (Å²) in [4.78, 5) is 8.52. The van der Waals surface area contributed by atoms with E-state index >= 15 is 0 Å². The molecule has 0 aliphatic heterocycles. The number of thioether (sulfide) groups is 1. The molecule has 21 heavy (non-hydrogen) atoms. The largest absolute Gasteiger partial charge is 0.396 e. The maximum atomic E-state index is 13.0. The van der Waals surface area contributed by atoms with E-state index in [1.165, 1.54) is 18.5 Å². The van der Waals surface area contributed by atoms with Gasteiger partial charge in [0.05, 0.1) is 17.3 Å². The normalized spacial score (nSPS) is 11.1. The molecule has 0 saturated carbocycles. The second-order valence-electron chi connectivity index (χ2n) is 4.37. The number of aliphatic hydroxyl groups is 1. The number of halogens is 1. The topological polar surface area (TPSA) is 63.8 Å².